The summed E-state index contributed by atoms with van der Waals surface area (Å²) in [5.74, 6) is -4.13. The van der Waals surface area contributed by atoms with Crippen molar-refractivity contribution in [3.63, 3.8) is 0 Å². The van der Waals surface area contributed by atoms with Gasteiger partial charge in [0.25, 0.3) is 0 Å². The summed E-state index contributed by atoms with van der Waals surface area (Å²) in [6.07, 6.45) is -0.376. The number of hydrogen-bond acceptors (Lipinski definition) is 7. The lowest BCUT2D eigenvalue weighted by molar-refractivity contribution is -0.291. The van der Waals surface area contributed by atoms with Crippen LogP contribution >= 0.6 is 0 Å². The number of hydrogen-bond donors (Lipinski definition) is 2. The Morgan fingerprint density at radius 3 is 2.64 bits per heavy atom. The molecule has 0 amide bonds. The van der Waals surface area contributed by atoms with Crippen LogP contribution in [0.1, 0.15) is 61.3 Å². The standard InChI is InChI=1S/C26H32O7/c1-5-12(2)21(27)33-18-20-24(8-9-24)23(29)26(30)19-17-14(4)7-6-13(3)15(17)10-16(32-22(18)28)25(19,20)11-31-26/h6-7,12,16,18-20,23,29-30H,5,8-11H2,1-4H3/t12-,16-,18-,19-,20+,23-,25-,26-/m1/s1. The molecule has 0 aromatic heterocycles. The number of esters is 2. The van der Waals surface area contributed by atoms with E-state index in [1.807, 2.05) is 32.9 Å². The van der Waals surface area contributed by atoms with Crippen LogP contribution in [0.25, 0.3) is 0 Å². The molecule has 33 heavy (non-hydrogen) atoms. The summed E-state index contributed by atoms with van der Waals surface area (Å²) in [6.45, 7) is 7.86. The van der Waals surface area contributed by atoms with Crippen molar-refractivity contribution in [1.29, 1.82) is 0 Å². The van der Waals surface area contributed by atoms with Gasteiger partial charge in [0, 0.05) is 17.8 Å². The fourth-order valence-electron chi connectivity index (χ4n) is 7.64. The molecule has 3 aliphatic carbocycles. The van der Waals surface area contributed by atoms with E-state index in [0.29, 0.717) is 25.7 Å². The summed E-state index contributed by atoms with van der Waals surface area (Å²) in [6, 6.07) is 4.07. The minimum atomic E-state index is -1.77. The Hall–Kier alpha value is -1.96. The van der Waals surface area contributed by atoms with Crippen molar-refractivity contribution in [2.75, 3.05) is 6.61 Å². The number of ether oxygens (including phenoxy) is 3. The van der Waals surface area contributed by atoms with E-state index in [-0.39, 0.29) is 12.5 Å². The van der Waals surface area contributed by atoms with Gasteiger partial charge in [0.1, 0.15) is 12.2 Å². The number of fused-ring (bicyclic) bond motifs is 2. The third kappa shape index (κ3) is 2.41. The first kappa shape index (κ1) is 21.6. The number of aliphatic hydroxyl groups is 2. The van der Waals surface area contributed by atoms with E-state index in [0.717, 1.165) is 22.3 Å². The quantitative estimate of drug-likeness (QED) is 0.673. The molecule has 2 heterocycles. The van der Waals surface area contributed by atoms with Crippen molar-refractivity contribution in [2.45, 2.75) is 83.4 Å². The maximum atomic E-state index is 13.3. The zero-order valence-corrected chi connectivity index (χ0v) is 19.6. The summed E-state index contributed by atoms with van der Waals surface area (Å²) in [5.41, 5.74) is 2.62. The van der Waals surface area contributed by atoms with Gasteiger partial charge in [-0.1, -0.05) is 26.0 Å². The van der Waals surface area contributed by atoms with Crippen LogP contribution in [0.15, 0.2) is 12.1 Å². The second kappa shape index (κ2) is 6.58. The Labute approximate surface area is 193 Å². The number of aliphatic hydroxyl groups excluding tert-OH is 1. The SMILES string of the molecule is CC[C@@H](C)C(=O)O[C@H]1C(=O)O[C@@H]2Cc3c(C)ccc(C)c3[C@H]3[C@@]4(O)OC[C@@]23[C@@H]1C1(CC1)[C@H]4O. The van der Waals surface area contributed by atoms with Crippen LogP contribution in [0.2, 0.25) is 0 Å². The lowest BCUT2D eigenvalue weighted by atomic mass is 9.45. The maximum absolute atomic E-state index is 13.3. The Kier molecular flexibility index (Phi) is 4.30. The molecule has 6 rings (SSSR count). The lowest BCUT2D eigenvalue weighted by Crippen LogP contribution is -2.72. The molecule has 4 fully saturated rings. The van der Waals surface area contributed by atoms with Gasteiger partial charge in [-0.3, -0.25) is 4.79 Å². The number of rotatable bonds is 3. The number of carbonyl (C=O) groups is 2. The largest absolute Gasteiger partial charge is 0.459 e. The fraction of sp³-hybridized carbons (Fsp3) is 0.692. The van der Waals surface area contributed by atoms with Crippen LogP contribution in [0.3, 0.4) is 0 Å². The normalized spacial score (nSPS) is 42.2. The first-order chi connectivity index (χ1) is 15.6. The third-order valence-corrected chi connectivity index (χ3v) is 9.60. The van der Waals surface area contributed by atoms with E-state index in [1.54, 1.807) is 6.92 Å². The minimum absolute atomic E-state index is 0.153. The van der Waals surface area contributed by atoms with E-state index in [4.69, 9.17) is 14.2 Å². The predicted molar refractivity (Wildman–Crippen MR) is 116 cm³/mol. The Balaban J connectivity index is 1.57. The van der Waals surface area contributed by atoms with Gasteiger partial charge in [-0.05, 0) is 55.4 Å². The van der Waals surface area contributed by atoms with E-state index >= 15 is 0 Å². The van der Waals surface area contributed by atoms with Crippen LogP contribution in [0, 0.1) is 36.5 Å². The molecule has 7 heteroatoms. The summed E-state index contributed by atoms with van der Waals surface area (Å²) >= 11 is 0. The first-order valence-corrected chi connectivity index (χ1v) is 12.2. The molecular weight excluding hydrogens is 424 g/mol. The molecule has 2 aliphatic heterocycles. The fourth-order valence-corrected chi connectivity index (χ4v) is 7.64. The zero-order chi connectivity index (χ0) is 23.5. The van der Waals surface area contributed by atoms with Crippen molar-refractivity contribution >= 4 is 11.9 Å². The molecule has 2 saturated carbocycles. The van der Waals surface area contributed by atoms with Gasteiger partial charge in [-0.15, -0.1) is 0 Å². The summed E-state index contributed by atoms with van der Waals surface area (Å²) in [7, 11) is 0. The monoisotopic (exact) mass is 456 g/mol. The van der Waals surface area contributed by atoms with E-state index in [1.165, 1.54) is 0 Å². The highest BCUT2D eigenvalue weighted by Crippen LogP contribution is 2.77. The van der Waals surface area contributed by atoms with Gasteiger partial charge in [0.05, 0.1) is 23.9 Å². The van der Waals surface area contributed by atoms with Crippen LogP contribution in [-0.2, 0) is 30.2 Å². The van der Waals surface area contributed by atoms with Crippen molar-refractivity contribution in [3.8, 4) is 0 Å². The Morgan fingerprint density at radius 2 is 1.97 bits per heavy atom. The molecule has 1 aromatic carbocycles. The maximum Gasteiger partial charge on any atom is 0.348 e. The summed E-state index contributed by atoms with van der Waals surface area (Å²) in [5, 5.41) is 23.5. The summed E-state index contributed by atoms with van der Waals surface area (Å²) < 4.78 is 18.0. The second-order valence-corrected chi connectivity index (χ2v) is 11.1. The molecular formula is C26H32O7. The molecule has 2 saturated heterocycles. The highest BCUT2D eigenvalue weighted by Gasteiger charge is 2.85. The molecule has 0 unspecified atom stereocenters. The van der Waals surface area contributed by atoms with E-state index in [2.05, 4.69) is 0 Å². The highest BCUT2D eigenvalue weighted by atomic mass is 16.7. The van der Waals surface area contributed by atoms with Crippen molar-refractivity contribution < 1.29 is 34.0 Å². The topological polar surface area (TPSA) is 102 Å². The Morgan fingerprint density at radius 1 is 1.27 bits per heavy atom. The van der Waals surface area contributed by atoms with Gasteiger partial charge >= 0.3 is 11.9 Å². The van der Waals surface area contributed by atoms with E-state index in [9.17, 15) is 19.8 Å². The number of carbonyl (C=O) groups excluding carboxylic acids is 2. The number of aryl methyl sites for hydroxylation is 2. The Bertz CT molecular complexity index is 1060. The molecule has 2 N–H and O–H groups in total. The van der Waals surface area contributed by atoms with Gasteiger partial charge < -0.3 is 24.4 Å². The highest BCUT2D eigenvalue weighted by molar-refractivity contribution is 5.82. The van der Waals surface area contributed by atoms with Gasteiger partial charge in [0.2, 0.25) is 6.10 Å². The molecule has 1 aromatic rings. The second-order valence-electron chi connectivity index (χ2n) is 11.1. The van der Waals surface area contributed by atoms with Crippen molar-refractivity contribution in [2.24, 2.45) is 22.7 Å². The average Bonchev–Trinajstić information content (AvgIpc) is 3.53. The molecule has 178 valence electrons. The molecule has 5 aliphatic rings. The third-order valence-electron chi connectivity index (χ3n) is 9.60. The van der Waals surface area contributed by atoms with Gasteiger partial charge in [0.15, 0.2) is 5.79 Å². The first-order valence-electron chi connectivity index (χ1n) is 12.2. The van der Waals surface area contributed by atoms with Crippen LogP contribution in [0.5, 0.6) is 0 Å². The van der Waals surface area contributed by atoms with Crippen LogP contribution in [0.4, 0.5) is 0 Å². The molecule has 2 spiro atoms. The van der Waals surface area contributed by atoms with Crippen LogP contribution in [-0.4, -0.2) is 52.9 Å². The van der Waals surface area contributed by atoms with Crippen molar-refractivity contribution in [3.05, 3.63) is 34.4 Å². The number of benzene rings is 1. The molecule has 2 bridgehead atoms. The van der Waals surface area contributed by atoms with E-state index < -0.39 is 58.7 Å². The van der Waals surface area contributed by atoms with Gasteiger partial charge in [-0.25, -0.2) is 4.79 Å². The lowest BCUT2D eigenvalue weighted by Gasteiger charge is -2.62. The predicted octanol–water partition coefficient (Wildman–Crippen LogP) is 2.30. The smallest absolute Gasteiger partial charge is 0.348 e. The van der Waals surface area contributed by atoms with Gasteiger partial charge in [-0.2, -0.15) is 0 Å². The average molecular weight is 457 g/mol. The molecule has 7 nitrogen and oxygen atoms in total. The van der Waals surface area contributed by atoms with Crippen molar-refractivity contribution in [1.82, 2.24) is 0 Å². The minimum Gasteiger partial charge on any atom is -0.459 e. The molecule has 0 radical (unpaired) electrons. The van der Waals surface area contributed by atoms with Crippen LogP contribution < -0.4 is 0 Å². The zero-order valence-electron chi connectivity index (χ0n) is 19.6. The summed E-state index contributed by atoms with van der Waals surface area (Å²) in [4.78, 5) is 26.2. The molecule has 8 atom stereocenters.